The number of hydrogen-bond donors (Lipinski definition) is 4. The summed E-state index contributed by atoms with van der Waals surface area (Å²) in [6, 6.07) is 24.2. The minimum Gasteiger partial charge on any atom is -0.338 e. The summed E-state index contributed by atoms with van der Waals surface area (Å²) in [5, 5.41) is 5.71. The van der Waals surface area contributed by atoms with Crippen LogP contribution in [0.2, 0.25) is 0 Å². The Morgan fingerprint density at radius 2 is 0.962 bits per heavy atom. The van der Waals surface area contributed by atoms with Gasteiger partial charge in [-0.05, 0) is 99.1 Å². The van der Waals surface area contributed by atoms with E-state index in [4.69, 9.17) is 9.05 Å². The zero-order valence-electron chi connectivity index (χ0n) is 29.2. The first-order chi connectivity index (χ1) is 25.1. The average Bonchev–Trinajstić information content (AvgIpc) is 3.19. The van der Waals surface area contributed by atoms with E-state index in [1.807, 2.05) is 60.7 Å². The lowest BCUT2D eigenvalue weighted by Gasteiger charge is -2.48. The fourth-order valence-electron chi connectivity index (χ4n) is 8.45. The summed E-state index contributed by atoms with van der Waals surface area (Å²) in [4.78, 5) is 54.5. The van der Waals surface area contributed by atoms with E-state index < -0.39 is 38.6 Å². The summed E-state index contributed by atoms with van der Waals surface area (Å²) in [6.45, 7) is 4.77. The van der Waals surface area contributed by atoms with Crippen LogP contribution in [0.15, 0.2) is 84.9 Å². The van der Waals surface area contributed by atoms with E-state index >= 15 is 0 Å². The standard InChI is InChI=1S/C38H48N4O8P2/c43-35(39-37(33-23-41-19-15-29(33)16-20-41)51(45,46)49-25-27-7-3-1-4-8-27)31-11-13-32(14-12-31)36(44)40-38(34-24-42-21-17-30(34)18-22-42)52(47,48)50-26-28-9-5-2-6-10-28/h1-14,29-30,33-34,37-38H,15-26H2,(H,39,43)(H,40,44)(H,45,46)(H,47,48)/t33-,34-,37?,38?/m0/s1. The predicted molar refractivity (Wildman–Crippen MR) is 196 cm³/mol. The summed E-state index contributed by atoms with van der Waals surface area (Å²) >= 11 is 0. The zero-order chi connectivity index (χ0) is 36.3. The van der Waals surface area contributed by atoms with E-state index in [-0.39, 0.29) is 48.0 Å². The van der Waals surface area contributed by atoms with Gasteiger partial charge < -0.3 is 39.3 Å². The maximum Gasteiger partial charge on any atom is 0.350 e. The molecule has 278 valence electrons. The number of piperidine rings is 6. The maximum atomic E-state index is 13.9. The molecule has 4 unspecified atom stereocenters. The number of amides is 2. The fourth-order valence-corrected chi connectivity index (χ4v) is 11.6. The first-order valence-electron chi connectivity index (χ1n) is 18.2. The maximum absolute atomic E-state index is 13.9. The molecule has 3 aromatic carbocycles. The summed E-state index contributed by atoms with van der Waals surface area (Å²) in [5.74, 6) is -3.48. The van der Waals surface area contributed by atoms with Crippen molar-refractivity contribution in [1.29, 1.82) is 0 Å². The second-order valence-electron chi connectivity index (χ2n) is 14.7. The van der Waals surface area contributed by atoms with Gasteiger partial charge in [-0.2, -0.15) is 0 Å². The summed E-state index contributed by atoms with van der Waals surface area (Å²) in [6.07, 6.45) is 3.55. The molecule has 9 rings (SSSR count). The number of carbonyl (C=O) groups excluding carboxylic acids is 2. The van der Waals surface area contributed by atoms with Gasteiger partial charge in [-0.1, -0.05) is 60.7 Å². The van der Waals surface area contributed by atoms with Gasteiger partial charge in [-0.3, -0.25) is 18.7 Å². The van der Waals surface area contributed by atoms with Gasteiger partial charge in [0.15, 0.2) is 0 Å². The minimum absolute atomic E-state index is 0.0649. The monoisotopic (exact) mass is 750 g/mol. The van der Waals surface area contributed by atoms with Crippen molar-refractivity contribution < 1.29 is 37.6 Å². The molecule has 6 atom stereocenters. The van der Waals surface area contributed by atoms with Gasteiger partial charge in [0.2, 0.25) is 0 Å². The van der Waals surface area contributed by atoms with E-state index in [0.29, 0.717) is 13.1 Å². The van der Waals surface area contributed by atoms with E-state index in [1.165, 1.54) is 24.3 Å². The molecule has 52 heavy (non-hydrogen) atoms. The van der Waals surface area contributed by atoms with Crippen LogP contribution >= 0.6 is 15.2 Å². The Balaban J connectivity index is 1.05. The number of benzene rings is 3. The molecule has 14 heteroatoms. The van der Waals surface area contributed by atoms with Crippen LogP contribution in [-0.2, 0) is 31.4 Å². The lowest BCUT2D eigenvalue weighted by molar-refractivity contribution is 0.0369. The van der Waals surface area contributed by atoms with Crippen LogP contribution in [0.1, 0.15) is 57.5 Å². The molecular formula is C38H48N4O8P2. The van der Waals surface area contributed by atoms with Crippen LogP contribution in [0.5, 0.6) is 0 Å². The van der Waals surface area contributed by atoms with Crippen LogP contribution in [0.4, 0.5) is 0 Å². The van der Waals surface area contributed by atoms with Gasteiger partial charge in [-0.25, -0.2) is 0 Å². The quantitative estimate of drug-likeness (QED) is 0.160. The molecule has 0 saturated carbocycles. The largest absolute Gasteiger partial charge is 0.350 e. The van der Waals surface area contributed by atoms with Crippen LogP contribution in [0.3, 0.4) is 0 Å². The number of nitrogens with one attached hydrogen (secondary N) is 2. The highest BCUT2D eigenvalue weighted by atomic mass is 31.2. The van der Waals surface area contributed by atoms with Crippen molar-refractivity contribution in [3.63, 3.8) is 0 Å². The number of hydrogen-bond acceptors (Lipinski definition) is 8. The Labute approximate surface area is 305 Å². The van der Waals surface area contributed by atoms with Crippen LogP contribution < -0.4 is 10.6 Å². The molecule has 2 amide bonds. The number of carbonyl (C=O) groups is 2. The van der Waals surface area contributed by atoms with Crippen molar-refractivity contribution in [3.05, 3.63) is 107 Å². The number of rotatable bonds is 14. The van der Waals surface area contributed by atoms with Crippen molar-refractivity contribution in [2.24, 2.45) is 23.7 Å². The third-order valence-electron chi connectivity index (χ3n) is 11.4. The van der Waals surface area contributed by atoms with Gasteiger partial charge in [0.25, 0.3) is 11.8 Å². The Morgan fingerprint density at radius 3 is 1.27 bits per heavy atom. The van der Waals surface area contributed by atoms with E-state index in [0.717, 1.165) is 63.0 Å². The molecule has 6 aliphatic rings. The first kappa shape index (κ1) is 37.1. The van der Waals surface area contributed by atoms with Crippen molar-refractivity contribution in [2.45, 2.75) is 50.5 Å². The molecular weight excluding hydrogens is 702 g/mol. The van der Waals surface area contributed by atoms with Gasteiger partial charge >= 0.3 is 15.2 Å². The van der Waals surface area contributed by atoms with Crippen LogP contribution in [-0.4, -0.2) is 82.2 Å². The molecule has 0 aliphatic carbocycles. The highest BCUT2D eigenvalue weighted by Crippen LogP contribution is 2.55. The van der Waals surface area contributed by atoms with Crippen molar-refractivity contribution >= 4 is 27.0 Å². The Morgan fingerprint density at radius 1 is 0.615 bits per heavy atom. The molecule has 6 heterocycles. The predicted octanol–water partition coefficient (Wildman–Crippen LogP) is 5.29. The molecule has 0 radical (unpaired) electrons. The van der Waals surface area contributed by atoms with Crippen LogP contribution in [0, 0.1) is 23.7 Å². The lowest BCUT2D eigenvalue weighted by atomic mass is 9.79. The Hall–Kier alpha value is -3.18. The van der Waals surface area contributed by atoms with Gasteiger partial charge in [0.1, 0.15) is 11.6 Å². The highest BCUT2D eigenvalue weighted by molar-refractivity contribution is 7.53. The average molecular weight is 751 g/mol. The normalized spacial score (nSPS) is 28.6. The molecule has 3 aromatic rings. The molecule has 4 bridgehead atoms. The van der Waals surface area contributed by atoms with Gasteiger partial charge in [0, 0.05) is 36.1 Å². The van der Waals surface area contributed by atoms with Crippen molar-refractivity contribution in [1.82, 2.24) is 20.4 Å². The second-order valence-corrected chi connectivity index (χ2v) is 18.5. The minimum atomic E-state index is -4.33. The third kappa shape index (κ3) is 8.61. The zero-order valence-corrected chi connectivity index (χ0v) is 31.0. The van der Waals surface area contributed by atoms with E-state index in [2.05, 4.69) is 20.4 Å². The molecule has 12 nitrogen and oxygen atoms in total. The van der Waals surface area contributed by atoms with Crippen molar-refractivity contribution in [3.8, 4) is 0 Å². The molecule has 0 spiro atoms. The Kier molecular flexibility index (Phi) is 11.5. The molecule has 4 N–H and O–H groups in total. The summed E-state index contributed by atoms with van der Waals surface area (Å²) in [7, 11) is -8.66. The molecule has 0 aromatic heterocycles. The molecule has 6 aliphatic heterocycles. The summed E-state index contributed by atoms with van der Waals surface area (Å²) < 4.78 is 39.0. The highest BCUT2D eigenvalue weighted by Gasteiger charge is 2.49. The van der Waals surface area contributed by atoms with E-state index in [9.17, 15) is 28.5 Å². The Bertz CT molecular complexity index is 1650. The van der Waals surface area contributed by atoms with Gasteiger partial charge in [-0.15, -0.1) is 0 Å². The SMILES string of the molecule is O=C(NC([C@H]1CN2CCC1CC2)P(=O)(O)OCc1ccccc1)c1ccc(C(=O)NC([C@H]2CN3CCC2CC3)P(=O)(O)OCc2ccccc2)cc1. The first-order valence-corrected chi connectivity index (χ1v) is 21.5. The fraction of sp³-hybridized carbons (Fsp3) is 0.474. The third-order valence-corrected chi connectivity index (χ3v) is 14.8. The second kappa shape index (κ2) is 16.0. The lowest BCUT2D eigenvalue weighted by Crippen LogP contribution is -2.55. The summed E-state index contributed by atoms with van der Waals surface area (Å²) in [5.41, 5.74) is 1.92. The van der Waals surface area contributed by atoms with Crippen LogP contribution in [0.25, 0.3) is 0 Å². The number of fused-ring (bicyclic) bond motifs is 6. The number of nitrogens with zero attached hydrogens (tertiary/aromatic N) is 2. The molecule has 6 saturated heterocycles. The van der Waals surface area contributed by atoms with Crippen molar-refractivity contribution in [2.75, 3.05) is 39.3 Å². The molecule has 6 fully saturated rings. The smallest absolute Gasteiger partial charge is 0.338 e. The topological polar surface area (TPSA) is 158 Å². The van der Waals surface area contributed by atoms with E-state index in [1.54, 1.807) is 0 Å². The van der Waals surface area contributed by atoms with Gasteiger partial charge in [0.05, 0.1) is 13.2 Å².